The van der Waals surface area contributed by atoms with Crippen molar-refractivity contribution in [2.75, 3.05) is 0 Å². The van der Waals surface area contributed by atoms with E-state index in [4.69, 9.17) is 16.3 Å². The molecule has 0 N–H and O–H groups in total. The number of thiophene rings is 1. The Kier molecular flexibility index (Phi) is 4.04. The Morgan fingerprint density at radius 1 is 1.33 bits per heavy atom. The van der Waals surface area contributed by atoms with Gasteiger partial charge in [-0.1, -0.05) is 23.7 Å². The van der Waals surface area contributed by atoms with Crippen LogP contribution in [0.3, 0.4) is 0 Å². The van der Waals surface area contributed by atoms with Gasteiger partial charge in [0.15, 0.2) is 6.10 Å². The van der Waals surface area contributed by atoms with E-state index in [0.29, 0.717) is 15.0 Å². The van der Waals surface area contributed by atoms with Crippen molar-refractivity contribution in [1.29, 1.82) is 0 Å². The Bertz CT molecular complexity index is 562. The first-order chi connectivity index (χ1) is 8.56. The number of hydrogen-bond acceptors (Lipinski definition) is 3. The van der Waals surface area contributed by atoms with Crippen LogP contribution in [-0.2, 0) is 0 Å². The smallest absolute Gasteiger partial charge is 0.212 e. The second kappa shape index (κ2) is 5.55. The number of carbonyl (C=O) groups is 1. The summed E-state index contributed by atoms with van der Waals surface area (Å²) in [6.07, 6.45) is -0.512. The van der Waals surface area contributed by atoms with Gasteiger partial charge in [0.1, 0.15) is 5.75 Å². The molecule has 2 nitrogen and oxygen atoms in total. The van der Waals surface area contributed by atoms with Gasteiger partial charge >= 0.3 is 0 Å². The lowest BCUT2D eigenvalue weighted by Gasteiger charge is -2.13. The fraction of sp³-hybridized carbons (Fsp3) is 0.214. The van der Waals surface area contributed by atoms with Crippen LogP contribution >= 0.6 is 22.9 Å². The van der Waals surface area contributed by atoms with Crippen molar-refractivity contribution in [3.8, 4) is 5.75 Å². The Balaban J connectivity index is 2.08. The SMILES string of the molecule is Cc1cccc(OC(C)C(=O)c2ccc(Cl)s2)c1. The highest BCUT2D eigenvalue weighted by molar-refractivity contribution is 7.18. The summed E-state index contributed by atoms with van der Waals surface area (Å²) in [7, 11) is 0. The Labute approximate surface area is 115 Å². The van der Waals surface area contributed by atoms with Gasteiger partial charge in [-0.25, -0.2) is 0 Å². The largest absolute Gasteiger partial charge is 0.483 e. The standard InChI is InChI=1S/C14H13ClO2S/c1-9-4-3-5-11(8-9)17-10(2)14(16)12-6-7-13(15)18-12/h3-8,10H,1-2H3. The number of aryl methyl sites for hydroxylation is 1. The molecule has 0 radical (unpaired) electrons. The summed E-state index contributed by atoms with van der Waals surface area (Å²) in [5.74, 6) is 0.659. The van der Waals surface area contributed by atoms with E-state index in [1.165, 1.54) is 11.3 Å². The van der Waals surface area contributed by atoms with Gasteiger partial charge in [0.2, 0.25) is 5.78 Å². The molecule has 0 bridgehead atoms. The number of carbonyl (C=O) groups excluding carboxylic acids is 1. The molecule has 0 fully saturated rings. The van der Waals surface area contributed by atoms with Crippen molar-refractivity contribution in [2.45, 2.75) is 20.0 Å². The van der Waals surface area contributed by atoms with Crippen LogP contribution in [-0.4, -0.2) is 11.9 Å². The molecule has 0 aliphatic heterocycles. The van der Waals surface area contributed by atoms with Gasteiger partial charge in [0.05, 0.1) is 9.21 Å². The van der Waals surface area contributed by atoms with Crippen LogP contribution in [0.2, 0.25) is 4.34 Å². The molecule has 0 amide bonds. The van der Waals surface area contributed by atoms with Crippen molar-refractivity contribution < 1.29 is 9.53 Å². The fourth-order valence-electron chi connectivity index (χ4n) is 1.59. The first kappa shape index (κ1) is 13.1. The zero-order valence-corrected chi connectivity index (χ0v) is 11.7. The molecule has 0 aliphatic rings. The van der Waals surface area contributed by atoms with Crippen molar-refractivity contribution in [1.82, 2.24) is 0 Å². The summed E-state index contributed by atoms with van der Waals surface area (Å²) in [5, 5.41) is 0. The lowest BCUT2D eigenvalue weighted by atomic mass is 10.2. The van der Waals surface area contributed by atoms with Gasteiger partial charge in [-0.2, -0.15) is 0 Å². The average Bonchev–Trinajstić information content (AvgIpc) is 2.75. The minimum absolute atomic E-state index is 0.0478. The lowest BCUT2D eigenvalue weighted by molar-refractivity contribution is 0.0822. The first-order valence-corrected chi connectivity index (χ1v) is 6.78. The monoisotopic (exact) mass is 280 g/mol. The van der Waals surface area contributed by atoms with Gasteiger partial charge in [-0.15, -0.1) is 11.3 Å². The van der Waals surface area contributed by atoms with Crippen molar-refractivity contribution in [3.63, 3.8) is 0 Å². The third-order valence-electron chi connectivity index (χ3n) is 2.49. The summed E-state index contributed by atoms with van der Waals surface area (Å²) >= 11 is 7.09. The van der Waals surface area contributed by atoms with Crippen LogP contribution < -0.4 is 4.74 Å². The minimum atomic E-state index is -0.512. The highest BCUT2D eigenvalue weighted by Crippen LogP contribution is 2.24. The predicted octanol–water partition coefficient (Wildman–Crippen LogP) is 4.36. The number of rotatable bonds is 4. The lowest BCUT2D eigenvalue weighted by Crippen LogP contribution is -2.23. The number of halogens is 1. The molecule has 94 valence electrons. The maximum absolute atomic E-state index is 12.1. The molecular formula is C14H13ClO2S. The summed E-state index contributed by atoms with van der Waals surface area (Å²) in [4.78, 5) is 12.7. The molecule has 1 aromatic heterocycles. The van der Waals surface area contributed by atoms with Crippen LogP contribution in [0, 0.1) is 6.92 Å². The van der Waals surface area contributed by atoms with Crippen molar-refractivity contribution in [3.05, 3.63) is 51.2 Å². The number of ether oxygens (including phenoxy) is 1. The Hall–Kier alpha value is -1.32. The molecule has 4 heteroatoms. The van der Waals surface area contributed by atoms with Gasteiger partial charge in [-0.05, 0) is 43.7 Å². The van der Waals surface area contributed by atoms with Gasteiger partial charge < -0.3 is 4.74 Å². The second-order valence-electron chi connectivity index (χ2n) is 4.04. The molecule has 0 saturated carbocycles. The quantitative estimate of drug-likeness (QED) is 0.778. The van der Waals surface area contributed by atoms with Gasteiger partial charge in [0, 0.05) is 0 Å². The van der Waals surface area contributed by atoms with Crippen molar-refractivity contribution >= 4 is 28.7 Å². The van der Waals surface area contributed by atoms with Crippen LogP contribution in [0.5, 0.6) is 5.75 Å². The van der Waals surface area contributed by atoms with E-state index < -0.39 is 6.10 Å². The third-order valence-corrected chi connectivity index (χ3v) is 3.73. The topological polar surface area (TPSA) is 26.3 Å². The molecule has 1 aromatic carbocycles. The Morgan fingerprint density at radius 2 is 2.11 bits per heavy atom. The summed E-state index contributed by atoms with van der Waals surface area (Å²) < 4.78 is 6.25. The molecular weight excluding hydrogens is 268 g/mol. The van der Waals surface area contributed by atoms with Crippen molar-refractivity contribution in [2.24, 2.45) is 0 Å². The maximum atomic E-state index is 12.1. The van der Waals surface area contributed by atoms with Crippen LogP contribution in [0.15, 0.2) is 36.4 Å². The zero-order chi connectivity index (χ0) is 13.1. The van der Waals surface area contributed by atoms with E-state index in [2.05, 4.69) is 0 Å². The van der Waals surface area contributed by atoms with E-state index in [-0.39, 0.29) is 5.78 Å². The molecule has 2 aromatic rings. The van der Waals surface area contributed by atoms with Crippen LogP contribution in [0.4, 0.5) is 0 Å². The first-order valence-electron chi connectivity index (χ1n) is 5.59. The molecule has 1 unspecified atom stereocenters. The summed E-state index contributed by atoms with van der Waals surface area (Å²) in [6.45, 7) is 3.73. The maximum Gasteiger partial charge on any atom is 0.212 e. The highest BCUT2D eigenvalue weighted by Gasteiger charge is 2.18. The minimum Gasteiger partial charge on any atom is -0.483 e. The van der Waals surface area contributed by atoms with E-state index in [1.807, 2.05) is 31.2 Å². The third kappa shape index (κ3) is 3.12. The van der Waals surface area contributed by atoms with E-state index >= 15 is 0 Å². The molecule has 18 heavy (non-hydrogen) atoms. The fourth-order valence-corrected chi connectivity index (χ4v) is 2.65. The van der Waals surface area contributed by atoms with Crippen LogP contribution in [0.1, 0.15) is 22.2 Å². The molecule has 1 heterocycles. The molecule has 0 saturated heterocycles. The number of Topliss-reactive ketones (excluding diaryl/α,β-unsaturated/α-hetero) is 1. The van der Waals surface area contributed by atoms with Gasteiger partial charge in [0.25, 0.3) is 0 Å². The summed E-state index contributed by atoms with van der Waals surface area (Å²) in [5.41, 5.74) is 1.10. The number of hydrogen-bond donors (Lipinski definition) is 0. The number of ketones is 1. The molecule has 0 aliphatic carbocycles. The second-order valence-corrected chi connectivity index (χ2v) is 5.76. The van der Waals surface area contributed by atoms with E-state index in [0.717, 1.165) is 5.56 Å². The zero-order valence-electron chi connectivity index (χ0n) is 10.1. The Morgan fingerprint density at radius 3 is 2.72 bits per heavy atom. The molecule has 2 rings (SSSR count). The average molecular weight is 281 g/mol. The van der Waals surface area contributed by atoms with Crippen LogP contribution in [0.25, 0.3) is 0 Å². The van der Waals surface area contributed by atoms with E-state index in [1.54, 1.807) is 19.1 Å². The highest BCUT2D eigenvalue weighted by atomic mass is 35.5. The number of benzene rings is 1. The molecule has 1 atom stereocenters. The summed E-state index contributed by atoms with van der Waals surface area (Å²) in [6, 6.07) is 11.1. The normalized spacial score (nSPS) is 12.2. The predicted molar refractivity (Wildman–Crippen MR) is 74.9 cm³/mol. The molecule has 0 spiro atoms. The van der Waals surface area contributed by atoms with E-state index in [9.17, 15) is 4.79 Å². The van der Waals surface area contributed by atoms with Gasteiger partial charge in [-0.3, -0.25) is 4.79 Å².